The maximum absolute atomic E-state index is 11.2. The Morgan fingerprint density at radius 1 is 0.423 bits per heavy atom. The normalized spacial score (nSPS) is 42.1. The average molecular weight is 1500 g/mol. The van der Waals surface area contributed by atoms with Crippen LogP contribution in [0.3, 0.4) is 0 Å². The molecule has 97 heavy (non-hydrogen) atoms. The van der Waals surface area contributed by atoms with E-state index in [9.17, 15) is 102 Å². The first-order valence-corrected chi connectivity index (χ1v) is 37.5. The fourth-order valence-corrected chi connectivity index (χ4v) is 16.5. The first-order chi connectivity index (χ1) is 46.5. The van der Waals surface area contributed by atoms with Gasteiger partial charge in [-0.2, -0.15) is 11.8 Å². The first-order valence-electron chi connectivity index (χ1n) is 32.8. The third kappa shape index (κ3) is 23.2. The van der Waals surface area contributed by atoms with Gasteiger partial charge in [-0.1, -0.05) is 12.8 Å². The molecule has 30 atom stereocenters. The Kier molecular flexibility index (Phi) is 36.6. The molecule has 0 spiro atoms. The summed E-state index contributed by atoms with van der Waals surface area (Å²) in [7, 11) is 0. The smallest absolute Gasteiger partial charge is 0.187 e. The molecule has 34 nitrogen and oxygen atoms in total. The summed E-state index contributed by atoms with van der Waals surface area (Å²) in [6.45, 7) is -2.19. The van der Waals surface area contributed by atoms with Crippen LogP contribution in [0.15, 0.2) is 0 Å². The van der Waals surface area contributed by atoms with Crippen molar-refractivity contribution in [3.63, 3.8) is 0 Å². The Labute approximate surface area is 584 Å². The quantitative estimate of drug-likeness (QED) is 0.0203. The summed E-state index contributed by atoms with van der Waals surface area (Å²) in [5, 5.41) is 216. The highest BCUT2D eigenvalue weighted by Gasteiger charge is 2.53. The fourth-order valence-electron chi connectivity index (χ4n) is 12.1. The van der Waals surface area contributed by atoms with Crippen LogP contribution in [-0.2, 0) is 56.8 Å². The molecule has 0 saturated carbocycles. The number of aliphatic hydroxyl groups excluding tert-OH is 20. The predicted octanol–water partition coefficient (Wildman–Crippen LogP) is -8.71. The molecule has 39 heteroatoms. The average Bonchev–Trinajstić information content (AvgIpc) is 0.876. The van der Waals surface area contributed by atoms with E-state index in [4.69, 9.17) is 69.1 Å². The predicted molar refractivity (Wildman–Crippen MR) is 347 cm³/mol. The lowest BCUT2D eigenvalue weighted by Gasteiger charge is -2.46. The lowest BCUT2D eigenvalue weighted by Crippen LogP contribution is -2.64. The van der Waals surface area contributed by atoms with Crippen molar-refractivity contribution < 1.29 is 159 Å². The highest BCUT2D eigenvalue weighted by atomic mass is 32.2. The van der Waals surface area contributed by atoms with Crippen LogP contribution < -0.4 is 10.6 Å². The molecule has 14 unspecified atom stereocenters. The van der Waals surface area contributed by atoms with Gasteiger partial charge in [0.25, 0.3) is 0 Å². The molecule has 568 valence electrons. The van der Waals surface area contributed by atoms with Crippen molar-refractivity contribution in [1.29, 1.82) is 0 Å². The van der Waals surface area contributed by atoms with Crippen LogP contribution in [0.4, 0.5) is 0 Å². The van der Waals surface area contributed by atoms with Crippen molar-refractivity contribution in [2.75, 3.05) is 121 Å². The van der Waals surface area contributed by atoms with Crippen molar-refractivity contribution in [1.82, 2.24) is 10.6 Å². The van der Waals surface area contributed by atoms with E-state index in [1.54, 1.807) is 11.8 Å². The topological polar surface area (TPSA) is 539 Å². The summed E-state index contributed by atoms with van der Waals surface area (Å²) < 4.78 is 70.8. The third-order valence-electron chi connectivity index (χ3n) is 17.9. The lowest BCUT2D eigenvalue weighted by molar-refractivity contribution is -0.338. The van der Waals surface area contributed by atoms with E-state index in [1.165, 1.54) is 0 Å². The monoisotopic (exact) mass is 1500 g/mol. The molecule has 0 aliphatic carbocycles. The van der Waals surface area contributed by atoms with Crippen LogP contribution in [0.5, 0.6) is 0 Å². The summed E-state index contributed by atoms with van der Waals surface area (Å²) in [4.78, 5) is 0. The van der Waals surface area contributed by atoms with Gasteiger partial charge in [0, 0.05) is 56.9 Å². The number of fused-ring (bicyclic) bond motifs is 7. The minimum absolute atomic E-state index is 0.00426. The Hall–Kier alpha value is -0.190. The van der Waals surface area contributed by atoms with Crippen LogP contribution in [-0.4, -0.2) is 404 Å². The minimum atomic E-state index is -1.83. The fraction of sp³-hybridized carbons (Fsp3) is 0.983. The van der Waals surface area contributed by atoms with Crippen molar-refractivity contribution in [3.8, 4) is 0 Å². The molecule has 8 rings (SSSR count). The van der Waals surface area contributed by atoms with Crippen LogP contribution in [0.2, 0.25) is 0 Å². The van der Waals surface area contributed by atoms with Gasteiger partial charge in [-0.05, 0) is 61.6 Å². The Bertz CT molecular complexity index is 2120. The molecule has 8 aliphatic rings. The molecular weight excluding hydrogens is 1400 g/mol. The molecule has 0 amide bonds. The van der Waals surface area contributed by atoms with Crippen LogP contribution >= 0.6 is 59.3 Å². The molecule has 0 aromatic carbocycles. The lowest BCUT2D eigenvalue weighted by atomic mass is 9.85. The van der Waals surface area contributed by atoms with Gasteiger partial charge in [0.05, 0.1) is 70.5 Å². The molecule has 2 bridgehead atoms. The molecule has 8 aliphatic heterocycles. The first kappa shape index (κ1) is 84.1. The number of ether oxygens (including phenoxy) is 12. The second-order valence-electron chi connectivity index (χ2n) is 25.1. The van der Waals surface area contributed by atoms with Gasteiger partial charge < -0.3 is 170 Å². The molecule has 8 fully saturated rings. The highest BCUT2D eigenvalue weighted by molar-refractivity contribution is 8.00. The van der Waals surface area contributed by atoms with Crippen molar-refractivity contribution in [2.24, 2.45) is 11.3 Å². The summed E-state index contributed by atoms with van der Waals surface area (Å²) in [6, 6.07) is 0. The summed E-state index contributed by atoms with van der Waals surface area (Å²) >= 11 is 10.7. The molecule has 22 N–H and O–H groups in total. The van der Waals surface area contributed by atoms with Gasteiger partial charge in [-0.25, -0.2) is 0 Å². The number of aliphatic hydroxyl groups is 20. The van der Waals surface area contributed by atoms with E-state index < -0.39 is 208 Å². The van der Waals surface area contributed by atoms with E-state index in [1.807, 2.05) is 0 Å². The zero-order chi connectivity index (χ0) is 70.5. The SMILES string of the molecule is OCC1O[C@@H](O[C@H]2C(CO)O[C@@H](SCCCOCC(CNC(=S)NCCSCC3O[C@H]4OCCCCCC3C(O)C4O)(COCCCS[C@@H]3OC(CO)[C@H](O)C(O)[C@H]3O)COCCCS[C@@H]3OC(CO)[C@H](O[C@@H]4OC(CO)[C@H](O)C(O)[C@H]4O)C(O)[C@H]3O)[C@H](O)C2O)[C@H](O)C(O)[C@H]1O. The Balaban J connectivity index is 0.974. The van der Waals surface area contributed by atoms with Gasteiger partial charge >= 0.3 is 0 Å². The van der Waals surface area contributed by atoms with Gasteiger partial charge in [-0.3, -0.25) is 0 Å². The second-order valence-corrected chi connectivity index (χ2v) is 30.3. The molecular formula is C58H104N2O32S5. The Morgan fingerprint density at radius 3 is 1.30 bits per heavy atom. The molecule has 8 heterocycles. The summed E-state index contributed by atoms with van der Waals surface area (Å²) in [5.74, 6) is 1.75. The van der Waals surface area contributed by atoms with E-state index in [0.717, 1.165) is 54.5 Å². The number of thioether (sulfide) groups is 4. The van der Waals surface area contributed by atoms with Gasteiger partial charge in [0.15, 0.2) is 24.0 Å². The van der Waals surface area contributed by atoms with Gasteiger partial charge in [-0.15, -0.1) is 35.3 Å². The molecule has 0 aromatic heterocycles. The Morgan fingerprint density at radius 2 is 0.845 bits per heavy atom. The zero-order valence-electron chi connectivity index (χ0n) is 53.6. The van der Waals surface area contributed by atoms with E-state index >= 15 is 0 Å². The van der Waals surface area contributed by atoms with E-state index in [-0.39, 0.29) is 74.8 Å². The highest BCUT2D eigenvalue weighted by Crippen LogP contribution is 2.38. The minimum Gasteiger partial charge on any atom is -0.394 e. The number of thiocarbonyl (C=S) groups is 1. The standard InChI is InChI=1S/C58H104N2O32S5/c61-17-28-35(67)38(70)44(76)52(85-28)91-49-31(20-64)89-55(47(79)41(49)73)96-14-5-10-82-25-58(24-81-9-4-13-95-54-46(78)40(72)37(69)30(19-63)88-54,23-60-57(93)59-8-16-94-22-33-27-7-2-1-3-12-84-51(87-33)43(75)34(27)66)26-83-11-6-15-97-56-48(80)42(74)50(32(21-65)90-56)92-53-45(77)39(71)36(68)29(18-62)86-53/h27-56,61-80H,1-26H2,(H2,59,60,93)/t27?,28?,29?,30?,31?,32?,33?,34?,35-,36-,37-,38?,39?,40?,41?,42?,43?,44+,45+,46+,47+,48+,49-,50-,51+,52-,53-,54-,55-,56-,58?/m0/s1. The van der Waals surface area contributed by atoms with Crippen LogP contribution in [0.1, 0.15) is 44.9 Å². The maximum atomic E-state index is 11.2. The van der Waals surface area contributed by atoms with E-state index in [2.05, 4.69) is 10.6 Å². The zero-order valence-corrected chi connectivity index (χ0v) is 57.7. The maximum Gasteiger partial charge on any atom is 0.187 e. The largest absolute Gasteiger partial charge is 0.394 e. The van der Waals surface area contributed by atoms with Crippen LogP contribution in [0.25, 0.3) is 0 Å². The number of nitrogens with one attached hydrogen (secondary N) is 2. The molecule has 0 radical (unpaired) electrons. The third-order valence-corrected chi connectivity index (χ3v) is 23.0. The summed E-state index contributed by atoms with van der Waals surface area (Å²) in [5.41, 5.74) is -4.18. The summed E-state index contributed by atoms with van der Waals surface area (Å²) in [6.07, 6.45) is -33.4. The number of hydrogen-bond acceptors (Lipinski definition) is 37. The molecule has 0 aromatic rings. The van der Waals surface area contributed by atoms with Gasteiger partial charge in [0.2, 0.25) is 0 Å². The van der Waals surface area contributed by atoms with Gasteiger partial charge in [0.1, 0.15) is 144 Å². The van der Waals surface area contributed by atoms with Crippen molar-refractivity contribution in [3.05, 3.63) is 0 Å². The van der Waals surface area contributed by atoms with Crippen molar-refractivity contribution in [2.45, 2.75) is 221 Å². The van der Waals surface area contributed by atoms with Crippen LogP contribution in [0, 0.1) is 11.3 Å². The second kappa shape index (κ2) is 42.2. The molecule has 8 saturated heterocycles. The van der Waals surface area contributed by atoms with Crippen molar-refractivity contribution >= 4 is 64.4 Å². The number of hydrogen-bond donors (Lipinski definition) is 22. The number of rotatable bonds is 37. The van der Waals surface area contributed by atoms with E-state index in [0.29, 0.717) is 56.1 Å².